The molecule has 1 fully saturated rings. The first kappa shape index (κ1) is 22.6. The van der Waals surface area contributed by atoms with Crippen molar-refractivity contribution in [3.8, 4) is 5.75 Å². The van der Waals surface area contributed by atoms with Crippen molar-refractivity contribution in [1.82, 2.24) is 9.80 Å². The van der Waals surface area contributed by atoms with Gasteiger partial charge in [0.2, 0.25) is 11.8 Å². The summed E-state index contributed by atoms with van der Waals surface area (Å²) in [6.07, 6.45) is 2.96. The number of benzene rings is 2. The van der Waals surface area contributed by atoms with Crippen molar-refractivity contribution in [1.29, 1.82) is 0 Å². The number of nitrogens with zero attached hydrogens (tertiary/aromatic N) is 2. The number of rotatable bonds is 8. The smallest absolute Gasteiger partial charge is 0.242 e. The van der Waals surface area contributed by atoms with Crippen molar-refractivity contribution in [2.75, 3.05) is 19.7 Å². The number of carbonyl (C=O) groups excluding carboxylic acids is 2. The molecule has 7 heteroatoms. The van der Waals surface area contributed by atoms with Crippen molar-refractivity contribution < 1.29 is 18.7 Å². The van der Waals surface area contributed by atoms with Crippen molar-refractivity contribution in [2.45, 2.75) is 37.8 Å². The number of fused-ring (bicyclic) bond motifs is 1. The lowest BCUT2D eigenvalue weighted by Crippen LogP contribution is -2.48. The highest BCUT2D eigenvalue weighted by Crippen LogP contribution is 2.35. The Labute approximate surface area is 202 Å². The van der Waals surface area contributed by atoms with E-state index in [-0.39, 0.29) is 42.9 Å². The molecular formula is C27H27FN2O3S. The lowest BCUT2D eigenvalue weighted by molar-refractivity contribution is -0.143. The monoisotopic (exact) mass is 478 g/mol. The van der Waals surface area contributed by atoms with E-state index >= 15 is 0 Å². The molecule has 5 nitrogen and oxygen atoms in total. The van der Waals surface area contributed by atoms with Crippen LogP contribution in [0.2, 0.25) is 0 Å². The van der Waals surface area contributed by atoms with Gasteiger partial charge in [-0.3, -0.25) is 9.59 Å². The van der Waals surface area contributed by atoms with Crippen LogP contribution in [-0.2, 0) is 22.4 Å². The second-order valence-electron chi connectivity index (χ2n) is 8.84. The van der Waals surface area contributed by atoms with Gasteiger partial charge in [-0.2, -0.15) is 0 Å². The summed E-state index contributed by atoms with van der Waals surface area (Å²) in [5.74, 6) is -0.00412. The molecule has 1 aromatic heterocycles. The van der Waals surface area contributed by atoms with Gasteiger partial charge in [0.1, 0.15) is 24.7 Å². The van der Waals surface area contributed by atoms with Crippen LogP contribution >= 0.6 is 11.3 Å². The first-order valence-corrected chi connectivity index (χ1v) is 12.5. The molecule has 2 heterocycles. The van der Waals surface area contributed by atoms with Gasteiger partial charge in [0.25, 0.3) is 0 Å². The van der Waals surface area contributed by atoms with E-state index in [2.05, 4.69) is 0 Å². The van der Waals surface area contributed by atoms with Gasteiger partial charge >= 0.3 is 0 Å². The Morgan fingerprint density at radius 1 is 1.09 bits per heavy atom. The molecule has 0 bridgehead atoms. The van der Waals surface area contributed by atoms with Crippen molar-refractivity contribution in [3.63, 3.8) is 0 Å². The molecule has 2 amide bonds. The Kier molecular flexibility index (Phi) is 6.63. The average Bonchev–Trinajstić information content (AvgIpc) is 3.57. The Morgan fingerprint density at radius 2 is 1.91 bits per heavy atom. The molecule has 0 radical (unpaired) electrons. The Hall–Kier alpha value is -3.19. The number of amides is 2. The number of hydrogen-bond acceptors (Lipinski definition) is 4. The Balaban J connectivity index is 1.30. The predicted octanol–water partition coefficient (Wildman–Crippen LogP) is 4.63. The molecule has 34 heavy (non-hydrogen) atoms. The predicted molar refractivity (Wildman–Crippen MR) is 129 cm³/mol. The SMILES string of the molecule is O=C(Cc1ccccc1)N(CC(=O)N1CCc2sccc2[C@H]1COc1cccc(F)c1)C1CC1. The summed E-state index contributed by atoms with van der Waals surface area (Å²) in [5, 5.41) is 2.04. The van der Waals surface area contributed by atoms with E-state index < -0.39 is 0 Å². The third-order valence-electron chi connectivity index (χ3n) is 6.43. The zero-order chi connectivity index (χ0) is 23.5. The maximum absolute atomic E-state index is 13.6. The Morgan fingerprint density at radius 3 is 2.68 bits per heavy atom. The summed E-state index contributed by atoms with van der Waals surface area (Å²) in [5.41, 5.74) is 2.03. The summed E-state index contributed by atoms with van der Waals surface area (Å²) in [7, 11) is 0. The zero-order valence-corrected chi connectivity index (χ0v) is 19.7. The van der Waals surface area contributed by atoms with Crippen LogP contribution in [0.15, 0.2) is 66.0 Å². The van der Waals surface area contributed by atoms with Gasteiger partial charge in [-0.1, -0.05) is 36.4 Å². The van der Waals surface area contributed by atoms with E-state index in [1.54, 1.807) is 28.4 Å². The molecule has 1 saturated carbocycles. The number of ether oxygens (including phenoxy) is 1. The summed E-state index contributed by atoms with van der Waals surface area (Å²) in [4.78, 5) is 31.4. The molecular weight excluding hydrogens is 451 g/mol. The number of thiophene rings is 1. The highest BCUT2D eigenvalue weighted by Gasteiger charge is 2.37. The number of hydrogen-bond donors (Lipinski definition) is 0. The molecule has 0 spiro atoms. The van der Waals surface area contributed by atoms with Crippen LogP contribution in [0.4, 0.5) is 4.39 Å². The standard InChI is InChI=1S/C27H27FN2O3S/c28-20-7-4-8-22(16-20)33-18-24-23-12-14-34-25(23)11-13-29(24)27(32)17-30(21-9-10-21)26(31)15-19-5-2-1-3-6-19/h1-8,12,14,16,21,24H,9-11,13,15,17-18H2/t24-/m1/s1. The topological polar surface area (TPSA) is 49.9 Å². The second-order valence-corrected chi connectivity index (χ2v) is 9.84. The molecule has 0 saturated heterocycles. The van der Waals surface area contributed by atoms with Gasteiger partial charge in [0, 0.05) is 23.5 Å². The lowest BCUT2D eigenvalue weighted by Gasteiger charge is -2.37. The van der Waals surface area contributed by atoms with Crippen LogP contribution in [-0.4, -0.2) is 47.4 Å². The fourth-order valence-corrected chi connectivity index (χ4v) is 5.45. The number of carbonyl (C=O) groups is 2. The first-order valence-electron chi connectivity index (χ1n) is 11.7. The molecule has 1 aliphatic carbocycles. The van der Waals surface area contributed by atoms with Gasteiger partial charge in [0.05, 0.1) is 12.5 Å². The second kappa shape index (κ2) is 9.97. The summed E-state index contributed by atoms with van der Waals surface area (Å²) in [6, 6.07) is 17.6. The van der Waals surface area contributed by atoms with E-state index in [1.807, 2.05) is 46.7 Å². The zero-order valence-electron chi connectivity index (χ0n) is 18.9. The van der Waals surface area contributed by atoms with Gasteiger partial charge in [-0.25, -0.2) is 4.39 Å². The van der Waals surface area contributed by atoms with Crippen LogP contribution < -0.4 is 4.74 Å². The third-order valence-corrected chi connectivity index (χ3v) is 7.43. The minimum Gasteiger partial charge on any atom is -0.491 e. The summed E-state index contributed by atoms with van der Waals surface area (Å²) >= 11 is 1.68. The molecule has 2 aliphatic rings. The molecule has 176 valence electrons. The van der Waals surface area contributed by atoms with Gasteiger partial charge in [-0.05, 0) is 54.0 Å². The van der Waals surface area contributed by atoms with E-state index in [0.29, 0.717) is 18.7 Å². The summed E-state index contributed by atoms with van der Waals surface area (Å²) < 4.78 is 19.5. The Bertz CT molecular complexity index is 1160. The molecule has 1 aliphatic heterocycles. The minimum atomic E-state index is -0.359. The van der Waals surface area contributed by atoms with E-state index in [0.717, 1.165) is 30.4 Å². The van der Waals surface area contributed by atoms with Gasteiger partial charge < -0.3 is 14.5 Å². The average molecular weight is 479 g/mol. The van der Waals surface area contributed by atoms with E-state index in [9.17, 15) is 14.0 Å². The third kappa shape index (κ3) is 5.14. The quantitative estimate of drug-likeness (QED) is 0.475. The van der Waals surface area contributed by atoms with E-state index in [4.69, 9.17) is 4.74 Å². The molecule has 1 atom stereocenters. The minimum absolute atomic E-state index is 0.0113. The van der Waals surface area contributed by atoms with Crippen LogP contribution in [0.25, 0.3) is 0 Å². The van der Waals surface area contributed by atoms with Crippen molar-refractivity contribution in [2.24, 2.45) is 0 Å². The van der Waals surface area contributed by atoms with Crippen LogP contribution in [0.3, 0.4) is 0 Å². The van der Waals surface area contributed by atoms with Crippen LogP contribution in [0, 0.1) is 5.82 Å². The maximum Gasteiger partial charge on any atom is 0.242 e. The maximum atomic E-state index is 13.6. The van der Waals surface area contributed by atoms with Crippen LogP contribution in [0.1, 0.15) is 34.9 Å². The van der Waals surface area contributed by atoms with Crippen LogP contribution in [0.5, 0.6) is 5.75 Å². The highest BCUT2D eigenvalue weighted by atomic mass is 32.1. The van der Waals surface area contributed by atoms with Crippen molar-refractivity contribution >= 4 is 23.2 Å². The fourth-order valence-electron chi connectivity index (χ4n) is 4.52. The highest BCUT2D eigenvalue weighted by molar-refractivity contribution is 7.10. The first-order chi connectivity index (χ1) is 16.6. The van der Waals surface area contributed by atoms with Gasteiger partial charge in [-0.15, -0.1) is 11.3 Å². The van der Waals surface area contributed by atoms with Crippen molar-refractivity contribution in [3.05, 3.63) is 87.9 Å². The van der Waals surface area contributed by atoms with E-state index in [1.165, 1.54) is 17.0 Å². The molecule has 5 rings (SSSR count). The molecule has 2 aromatic carbocycles. The molecule has 0 unspecified atom stereocenters. The summed E-state index contributed by atoms with van der Waals surface area (Å²) in [6.45, 7) is 0.890. The largest absolute Gasteiger partial charge is 0.491 e. The fraction of sp³-hybridized carbons (Fsp3) is 0.333. The number of halogens is 1. The molecule has 0 N–H and O–H groups in total. The van der Waals surface area contributed by atoms with Gasteiger partial charge in [0.15, 0.2) is 0 Å². The lowest BCUT2D eigenvalue weighted by atomic mass is 10.0. The molecule has 3 aromatic rings. The normalized spacial score (nSPS) is 17.2.